The lowest BCUT2D eigenvalue weighted by atomic mass is 9.99. The highest BCUT2D eigenvalue weighted by Crippen LogP contribution is 2.35. The van der Waals surface area contributed by atoms with Gasteiger partial charge >= 0.3 is 0 Å². The molecule has 1 aromatic carbocycles. The van der Waals surface area contributed by atoms with Crippen molar-refractivity contribution in [3.05, 3.63) is 35.9 Å². The van der Waals surface area contributed by atoms with E-state index in [9.17, 15) is 9.90 Å². The Bertz CT molecular complexity index is 457. The van der Waals surface area contributed by atoms with E-state index in [0.29, 0.717) is 0 Å². The fraction of sp³-hybridized carbons (Fsp3) is 0.562. The van der Waals surface area contributed by atoms with Crippen molar-refractivity contribution in [2.75, 3.05) is 0 Å². The summed E-state index contributed by atoms with van der Waals surface area (Å²) in [5.74, 6) is -0.189. The average molecular weight is 368 g/mol. The molecule has 22 heavy (non-hydrogen) atoms. The van der Waals surface area contributed by atoms with Crippen LogP contribution in [0.2, 0.25) is 0 Å². The number of aliphatic hydroxyl groups is 1. The van der Waals surface area contributed by atoms with Crippen LogP contribution in [-0.2, 0) is 16.1 Å². The molecule has 6 heteroatoms. The smallest absolute Gasteiger partial charge is 0.216 e. The van der Waals surface area contributed by atoms with Gasteiger partial charge in [-0.25, -0.2) is 0 Å². The number of hydrogen-bond acceptors (Lipinski definition) is 3. The number of halogens is 3. The molecule has 0 fully saturated rings. The topological polar surface area (TPSA) is 46.5 Å². The van der Waals surface area contributed by atoms with Gasteiger partial charge in [0.2, 0.25) is 3.79 Å². The van der Waals surface area contributed by atoms with Gasteiger partial charge in [-0.2, -0.15) is 0 Å². The third-order valence-corrected chi connectivity index (χ3v) is 4.01. The van der Waals surface area contributed by atoms with E-state index in [4.69, 9.17) is 39.5 Å². The second kappa shape index (κ2) is 9.09. The highest BCUT2D eigenvalue weighted by molar-refractivity contribution is 6.68. The van der Waals surface area contributed by atoms with Crippen LogP contribution >= 0.6 is 34.8 Å². The second-order valence-electron chi connectivity index (χ2n) is 5.59. The zero-order chi connectivity index (χ0) is 16.8. The minimum atomic E-state index is -1.70. The molecule has 0 heterocycles. The molecule has 1 N–H and O–H groups in total. The molecule has 0 saturated carbocycles. The molecule has 0 amide bonds. The van der Waals surface area contributed by atoms with Crippen molar-refractivity contribution < 1.29 is 14.6 Å². The summed E-state index contributed by atoms with van der Waals surface area (Å²) in [6, 6.07) is 9.44. The predicted molar refractivity (Wildman–Crippen MR) is 90.4 cm³/mol. The Morgan fingerprint density at radius 2 is 1.77 bits per heavy atom. The van der Waals surface area contributed by atoms with Gasteiger partial charge in [0.05, 0.1) is 12.7 Å². The van der Waals surface area contributed by atoms with Gasteiger partial charge in [-0.05, 0) is 11.5 Å². The van der Waals surface area contributed by atoms with Crippen LogP contribution in [0, 0.1) is 5.92 Å². The molecule has 2 atom stereocenters. The van der Waals surface area contributed by atoms with Crippen LogP contribution in [0.5, 0.6) is 0 Å². The Morgan fingerprint density at radius 3 is 2.27 bits per heavy atom. The molecular weight excluding hydrogens is 347 g/mol. The quantitative estimate of drug-likeness (QED) is 0.696. The molecule has 0 saturated heterocycles. The SMILES string of the molecule is CC(C)[C@H](O)CC(=O)C[C@H](OCc1ccccc1)C(Cl)(Cl)Cl. The Hall–Kier alpha value is -0.320. The maximum atomic E-state index is 12.0. The molecule has 0 spiro atoms. The summed E-state index contributed by atoms with van der Waals surface area (Å²) in [5.41, 5.74) is 0.927. The van der Waals surface area contributed by atoms with Crippen molar-refractivity contribution in [2.24, 2.45) is 5.92 Å². The van der Waals surface area contributed by atoms with Crippen LogP contribution in [0.1, 0.15) is 32.3 Å². The van der Waals surface area contributed by atoms with Crippen LogP contribution < -0.4 is 0 Å². The minimum Gasteiger partial charge on any atom is -0.392 e. The lowest BCUT2D eigenvalue weighted by Crippen LogP contribution is -2.32. The number of benzene rings is 1. The molecule has 0 bridgehead atoms. The van der Waals surface area contributed by atoms with E-state index in [2.05, 4.69) is 0 Å². The first-order valence-electron chi connectivity index (χ1n) is 7.12. The number of ether oxygens (including phenoxy) is 1. The summed E-state index contributed by atoms with van der Waals surface area (Å²) in [6.07, 6.45) is -1.57. The second-order valence-corrected chi connectivity index (χ2v) is 7.95. The monoisotopic (exact) mass is 366 g/mol. The summed E-state index contributed by atoms with van der Waals surface area (Å²) < 4.78 is 3.91. The van der Waals surface area contributed by atoms with Crippen molar-refractivity contribution in [1.82, 2.24) is 0 Å². The number of Topliss-reactive ketones (excluding diaryl/α,β-unsaturated/α-hetero) is 1. The lowest BCUT2D eigenvalue weighted by Gasteiger charge is -2.25. The normalized spacial score (nSPS) is 14.9. The summed E-state index contributed by atoms with van der Waals surface area (Å²) in [6.45, 7) is 3.94. The fourth-order valence-corrected chi connectivity index (χ4v) is 2.22. The largest absolute Gasteiger partial charge is 0.392 e. The van der Waals surface area contributed by atoms with E-state index in [-0.39, 0.29) is 31.1 Å². The third kappa shape index (κ3) is 7.30. The molecule has 124 valence electrons. The first-order valence-corrected chi connectivity index (χ1v) is 8.25. The number of rotatable bonds is 8. The van der Waals surface area contributed by atoms with Crippen molar-refractivity contribution in [3.63, 3.8) is 0 Å². The van der Waals surface area contributed by atoms with Crippen LogP contribution in [0.4, 0.5) is 0 Å². The summed E-state index contributed by atoms with van der Waals surface area (Å²) in [5, 5.41) is 9.76. The first-order chi connectivity index (χ1) is 10.2. The lowest BCUT2D eigenvalue weighted by molar-refractivity contribution is -0.124. The van der Waals surface area contributed by atoms with Crippen LogP contribution in [-0.4, -0.2) is 26.9 Å². The number of aliphatic hydroxyl groups excluding tert-OH is 1. The molecular formula is C16H21Cl3O3. The van der Waals surface area contributed by atoms with E-state index in [0.717, 1.165) is 5.56 Å². The van der Waals surface area contributed by atoms with E-state index in [1.165, 1.54) is 0 Å². The summed E-state index contributed by atoms with van der Waals surface area (Å²) in [4.78, 5) is 12.0. The molecule has 0 aliphatic carbocycles. The number of hydrogen-bond donors (Lipinski definition) is 1. The van der Waals surface area contributed by atoms with Gasteiger partial charge in [-0.1, -0.05) is 79.0 Å². The molecule has 1 rings (SSSR count). The predicted octanol–water partition coefficient (Wildman–Crippen LogP) is 4.31. The highest BCUT2D eigenvalue weighted by Gasteiger charge is 2.35. The van der Waals surface area contributed by atoms with Crippen molar-refractivity contribution >= 4 is 40.6 Å². The van der Waals surface area contributed by atoms with Crippen molar-refractivity contribution in [1.29, 1.82) is 0 Å². The molecule has 0 radical (unpaired) electrons. The minimum absolute atomic E-state index is 0.000369. The Labute approximate surface area is 146 Å². The van der Waals surface area contributed by atoms with Gasteiger partial charge in [-0.15, -0.1) is 0 Å². The number of ketones is 1. The Kier molecular flexibility index (Phi) is 8.15. The van der Waals surface area contributed by atoms with Gasteiger partial charge in [0.1, 0.15) is 11.9 Å². The van der Waals surface area contributed by atoms with Crippen molar-refractivity contribution in [3.8, 4) is 0 Å². The number of alkyl halides is 3. The van der Waals surface area contributed by atoms with Gasteiger partial charge in [0.25, 0.3) is 0 Å². The Balaban J connectivity index is 2.60. The summed E-state index contributed by atoms with van der Waals surface area (Å²) in [7, 11) is 0. The van der Waals surface area contributed by atoms with E-state index in [1.54, 1.807) is 0 Å². The van der Waals surface area contributed by atoms with E-state index < -0.39 is 16.0 Å². The molecule has 0 aliphatic heterocycles. The van der Waals surface area contributed by atoms with Gasteiger partial charge in [0, 0.05) is 12.8 Å². The van der Waals surface area contributed by atoms with Crippen LogP contribution in [0.3, 0.4) is 0 Å². The zero-order valence-corrected chi connectivity index (χ0v) is 14.9. The molecule has 0 unspecified atom stereocenters. The molecule has 1 aromatic rings. The standard InChI is InChI=1S/C16H21Cl3O3/c1-11(2)14(21)8-13(20)9-15(16(17,18)19)22-10-12-6-4-3-5-7-12/h3-7,11,14-15,21H,8-10H2,1-2H3/t14-,15+/m1/s1. The van der Waals surface area contributed by atoms with Gasteiger partial charge in [0.15, 0.2) is 0 Å². The van der Waals surface area contributed by atoms with Gasteiger partial charge in [-0.3, -0.25) is 4.79 Å². The zero-order valence-electron chi connectivity index (χ0n) is 12.6. The first kappa shape index (κ1) is 19.7. The third-order valence-electron chi connectivity index (χ3n) is 3.28. The maximum absolute atomic E-state index is 12.0. The van der Waals surface area contributed by atoms with Crippen LogP contribution in [0.15, 0.2) is 30.3 Å². The fourth-order valence-electron chi connectivity index (χ4n) is 1.80. The Morgan fingerprint density at radius 1 is 1.18 bits per heavy atom. The molecule has 0 aromatic heterocycles. The van der Waals surface area contributed by atoms with Crippen LogP contribution in [0.25, 0.3) is 0 Å². The van der Waals surface area contributed by atoms with Gasteiger partial charge < -0.3 is 9.84 Å². The molecule has 0 aliphatic rings. The molecule has 3 nitrogen and oxygen atoms in total. The van der Waals surface area contributed by atoms with Crippen molar-refractivity contribution in [2.45, 2.75) is 49.3 Å². The average Bonchev–Trinajstić information content (AvgIpc) is 2.43. The van der Waals surface area contributed by atoms with E-state index in [1.807, 2.05) is 44.2 Å². The number of carbonyl (C=O) groups excluding carboxylic acids is 1. The summed E-state index contributed by atoms with van der Waals surface area (Å²) >= 11 is 17.7. The van der Waals surface area contributed by atoms with E-state index >= 15 is 0 Å². The highest BCUT2D eigenvalue weighted by atomic mass is 35.6. The maximum Gasteiger partial charge on any atom is 0.216 e. The number of carbonyl (C=O) groups is 1.